The fourth-order valence-corrected chi connectivity index (χ4v) is 10.3. The molecule has 0 bridgehead atoms. The van der Waals surface area contributed by atoms with Gasteiger partial charge >= 0.3 is 54.2 Å². The molecule has 0 aliphatic heterocycles. The maximum atomic E-state index is 12.4. The Morgan fingerprint density at radius 1 is 0.315 bits per heavy atom. The lowest BCUT2D eigenvalue weighted by atomic mass is 10.1. The Hall–Kier alpha value is -16.2. The molecule has 3 aromatic rings. The number of amides is 5. The Balaban J connectivity index is 0. The zero-order valence-electron chi connectivity index (χ0n) is 78.8. The predicted molar refractivity (Wildman–Crippen MR) is 478 cm³/mol. The number of rotatable bonds is 82. The molecular weight excluding hydrogens is 2010 g/mol. The highest BCUT2D eigenvalue weighted by molar-refractivity contribution is 7.98. The molecule has 4 atom stereocenters. The van der Waals surface area contributed by atoms with Crippen LogP contribution < -0.4 is 26.6 Å². The molecule has 146 heavy (non-hydrogen) atoms. The fraction of sp³-hybridized carbons (Fsp3) is 0.671. The van der Waals surface area contributed by atoms with Crippen LogP contribution in [0.2, 0.25) is 0 Å². The predicted octanol–water partition coefficient (Wildman–Crippen LogP) is 3.33. The second kappa shape index (κ2) is 90.1. The van der Waals surface area contributed by atoms with E-state index in [1.807, 2.05) is 36.6 Å². The third-order valence-corrected chi connectivity index (χ3v) is 17.1. The van der Waals surface area contributed by atoms with Crippen LogP contribution in [0.3, 0.4) is 0 Å². The Bertz CT molecular complexity index is 4210. The van der Waals surface area contributed by atoms with Gasteiger partial charge in [-0.15, -0.1) is 101 Å². The van der Waals surface area contributed by atoms with E-state index in [0.29, 0.717) is 101 Å². The van der Waals surface area contributed by atoms with Crippen molar-refractivity contribution in [2.24, 2.45) is 0 Å². The van der Waals surface area contributed by atoms with E-state index < -0.39 is 135 Å². The van der Waals surface area contributed by atoms with Gasteiger partial charge in [0, 0.05) is 31.2 Å². The molecule has 2 aromatic carbocycles. The van der Waals surface area contributed by atoms with E-state index in [2.05, 4.69) is 84.9 Å². The van der Waals surface area contributed by atoms with Crippen molar-refractivity contribution in [3.8, 4) is 0 Å². The lowest BCUT2D eigenvalue weighted by molar-refractivity contribution is -0.758. The quantitative estimate of drug-likeness (QED) is 0.0155. The third-order valence-electron chi connectivity index (χ3n) is 16.5. The number of unbranched alkanes of at least 4 members (excludes halogenated alkanes) is 6. The molecule has 824 valence electrons. The summed E-state index contributed by atoms with van der Waals surface area (Å²) in [7, 11) is 0. The lowest BCUT2D eigenvalue weighted by Crippen LogP contribution is -2.44. The molecule has 0 saturated carbocycles. The van der Waals surface area contributed by atoms with Crippen molar-refractivity contribution in [2.75, 3.05) is 184 Å². The number of H-pyrrole nitrogens is 1. The van der Waals surface area contributed by atoms with Gasteiger partial charge in [0.2, 0.25) is 5.91 Å². The van der Waals surface area contributed by atoms with Crippen molar-refractivity contribution in [3.63, 3.8) is 0 Å². The summed E-state index contributed by atoms with van der Waals surface area (Å²) >= 11 is 1.48. The zero-order valence-corrected chi connectivity index (χ0v) is 79.6. The molecule has 0 fully saturated rings. The monoisotopic (exact) mass is 2130 g/mol. The highest BCUT2D eigenvalue weighted by Gasteiger charge is 2.28. The van der Waals surface area contributed by atoms with Crippen molar-refractivity contribution >= 4 is 71.9 Å². The Morgan fingerprint density at radius 3 is 0.932 bits per heavy atom. The number of ether oxygens (including phenoxy) is 12. The van der Waals surface area contributed by atoms with Crippen molar-refractivity contribution in [1.82, 2.24) is 36.6 Å². The minimum atomic E-state index is -1.05. The largest absolute Gasteiger partial charge is 0.464 e. The van der Waals surface area contributed by atoms with E-state index in [4.69, 9.17) is 56.8 Å². The van der Waals surface area contributed by atoms with Gasteiger partial charge in [0.05, 0.1) is 132 Å². The summed E-state index contributed by atoms with van der Waals surface area (Å²) in [5.41, 5.74) is 2.32. The van der Waals surface area contributed by atoms with Crippen molar-refractivity contribution < 1.29 is 204 Å². The molecule has 70 heteroatoms. The summed E-state index contributed by atoms with van der Waals surface area (Å²) < 4.78 is 60.0. The summed E-state index contributed by atoms with van der Waals surface area (Å²) in [5.74, 6) is -3.26. The van der Waals surface area contributed by atoms with Crippen LogP contribution in [0.1, 0.15) is 120 Å². The first-order valence-corrected chi connectivity index (χ1v) is 45.1. The Labute approximate surface area is 830 Å². The van der Waals surface area contributed by atoms with Crippen LogP contribution in [0.4, 0.5) is 19.2 Å². The van der Waals surface area contributed by atoms with E-state index >= 15 is 0 Å². The van der Waals surface area contributed by atoms with Crippen LogP contribution in [0.5, 0.6) is 0 Å². The van der Waals surface area contributed by atoms with Gasteiger partial charge < -0.3 is 137 Å². The normalized spacial score (nSPS) is 10.9. The van der Waals surface area contributed by atoms with Crippen LogP contribution in [-0.4, -0.2) is 329 Å². The van der Waals surface area contributed by atoms with E-state index in [1.54, 1.807) is 30.3 Å². The first-order chi connectivity index (χ1) is 69.9. The van der Waals surface area contributed by atoms with Crippen molar-refractivity contribution in [2.45, 2.75) is 146 Å². The molecule has 1 aromatic heterocycles. The molecule has 4 unspecified atom stereocenters. The van der Waals surface area contributed by atoms with Gasteiger partial charge in [0.1, 0.15) is 70.4 Å². The molecule has 0 spiro atoms. The average Bonchev–Trinajstić information content (AvgIpc) is 1.52. The molecule has 3 rings (SSSR count). The number of thioether (sulfide) groups is 1. The molecule has 0 saturated heterocycles. The smallest absolute Gasteiger partial charge is 0.407 e. The molecule has 6 N–H and O–H groups in total. The van der Waals surface area contributed by atoms with Crippen LogP contribution in [0.15, 0.2) is 73.2 Å². The second-order valence-electron chi connectivity index (χ2n) is 27.5. The SMILES string of the molecule is CSCCC(NC(=O)OCCOCCO[N+](=O)[O-])C(=O)OCCCCO[N+](=O)[O-].O=C(CCCO[N+](=O)[O-])NCC(=O)OCCCCO[N+](=O)[O-].O=C(NC(CCc1ccccc1)C(=O)OCCOCCO[N+](=O)[O-])OCCCCO[N+](=O)[O-].O=C(NC(Cc1ccccc1)C(=O)OCCOCCO[N+](=O)[O-])OCCCCO[N+](=O)[O-].O=C(NC(Cc1cnc[nH]1)C(=O)OCCCCO[N+](=O)[O-])OCCCCO[N+](=O)[O-]. The second-order valence-corrected chi connectivity index (χ2v) is 28.5. The van der Waals surface area contributed by atoms with Gasteiger partial charge in [-0.3, -0.25) is 9.59 Å². The van der Waals surface area contributed by atoms with Crippen molar-refractivity contribution in [1.29, 1.82) is 0 Å². The third kappa shape index (κ3) is 89.2. The number of hydrogen-bond acceptors (Lipinski definition) is 54. The maximum absolute atomic E-state index is 12.4. The van der Waals surface area contributed by atoms with Crippen LogP contribution in [-0.2, 0) is 153 Å². The molecule has 0 aliphatic carbocycles. The minimum Gasteiger partial charge on any atom is -0.464 e. The highest BCUT2D eigenvalue weighted by Crippen LogP contribution is 2.12. The molecular formula is C76H117N17O52S. The van der Waals surface area contributed by atoms with E-state index in [9.17, 15) is 149 Å². The number of aromatic nitrogens is 2. The summed E-state index contributed by atoms with van der Waals surface area (Å²) in [6, 6.07) is 14.3. The topological polar surface area (TPSA) is 894 Å². The number of aryl methyl sites for hydroxylation is 1. The molecule has 5 amide bonds. The summed E-state index contributed by atoms with van der Waals surface area (Å²) in [5, 5.41) is 103. The Kier molecular flexibility index (Phi) is 81.3. The summed E-state index contributed by atoms with van der Waals surface area (Å²) in [6.07, 6.45) is 6.92. The molecule has 1 heterocycles. The number of carbonyl (C=O) groups is 10. The number of hydrogen-bond donors (Lipinski definition) is 6. The average molecular weight is 2130 g/mol. The zero-order chi connectivity index (χ0) is 109. The standard InChI is InChI=1S/C19H27N3O11.C18H25N3O11.C15H23N5O10.C14H25N3O11S.C10H17N3O9/c23-18(30-14-12-29-13-15-33-22(27)28)17(9-8-16-6-2-1-3-7-16)20-19(24)31-10-4-5-11-32-21(25)26;22-17(29-12-10-28-11-13-32-21(26)27)16(14-15-6-2-1-3-7-15)19-18(23)30-8-4-5-9-31-20(24)25;21-14(27-5-1-3-7-29-19(23)24)13(9-12-10-16-11-17-12)18-15(22)28-6-2-4-8-30-20(25)26;1-29-11-4-12(13(18)25-5-2-3-6-27-16(20)21)15-14(19)26-9-7-24-8-10-28-17(22)23;14-9(4-3-7-22-13(18)19)11-8-10(15)20-5-1-2-6-21-12(16)17/h1-3,6-7,17H,4-5,8-15H2,(H,20,24);1-3,6-7,16H,4-5,8-14H2,(H,19,23);10-11,13H,1-9H2,(H,16,17)(H,18,22);12H,2-11H2,1H3,(H,15,19);1-8H2,(H,11,14). The van der Waals surface area contributed by atoms with Gasteiger partial charge in [-0.05, 0) is 126 Å². The van der Waals surface area contributed by atoms with Crippen LogP contribution >= 0.6 is 11.8 Å². The van der Waals surface area contributed by atoms with E-state index in [1.165, 1.54) is 24.3 Å². The number of imidazole rings is 1. The molecule has 0 aliphatic rings. The highest BCUT2D eigenvalue weighted by atomic mass is 32.2. The number of nitrogens with zero attached hydrogens (tertiary/aromatic N) is 11. The number of esters is 5. The molecule has 69 nitrogen and oxygen atoms in total. The first kappa shape index (κ1) is 132. The van der Waals surface area contributed by atoms with Gasteiger partial charge in [0.15, 0.2) is 0 Å². The number of aromatic amines is 1. The van der Waals surface area contributed by atoms with E-state index in [-0.39, 0.29) is 204 Å². The van der Waals surface area contributed by atoms with Crippen LogP contribution in [0, 0.1) is 101 Å². The number of alkyl carbamates (subject to hydrolysis) is 4. The van der Waals surface area contributed by atoms with Crippen molar-refractivity contribution in [3.05, 3.63) is 191 Å². The lowest BCUT2D eigenvalue weighted by Gasteiger charge is -2.18. The van der Waals surface area contributed by atoms with Gasteiger partial charge in [-0.2, -0.15) is 11.8 Å². The fourth-order valence-electron chi connectivity index (χ4n) is 9.86. The van der Waals surface area contributed by atoms with E-state index in [0.717, 1.165) is 11.1 Å². The maximum Gasteiger partial charge on any atom is 0.407 e. The molecule has 0 radical (unpaired) electrons. The number of nitrogens with one attached hydrogen (secondary N) is 6. The van der Waals surface area contributed by atoms with Gasteiger partial charge in [0.25, 0.3) is 50.9 Å². The van der Waals surface area contributed by atoms with Gasteiger partial charge in [-0.25, -0.2) is 43.3 Å². The Morgan fingerprint density at radius 2 is 0.589 bits per heavy atom. The number of carbonyl (C=O) groups excluding carboxylic acids is 10. The number of benzene rings is 2. The summed E-state index contributed by atoms with van der Waals surface area (Å²) in [6.45, 7) is -2.33. The summed E-state index contributed by atoms with van der Waals surface area (Å²) in [4.78, 5) is 267. The first-order valence-electron chi connectivity index (χ1n) is 43.7. The van der Waals surface area contributed by atoms with Crippen LogP contribution in [0.25, 0.3) is 0 Å². The van der Waals surface area contributed by atoms with Gasteiger partial charge in [-0.1, -0.05) is 60.7 Å². The minimum absolute atomic E-state index is 0.000634.